The fraction of sp³-hybridized carbons (Fsp3) is 0.167. The summed E-state index contributed by atoms with van der Waals surface area (Å²) in [6, 6.07) is 8.95. The first-order chi connectivity index (χ1) is 12.2. The van der Waals surface area contributed by atoms with Crippen molar-refractivity contribution in [1.29, 1.82) is 5.26 Å². The first kappa shape index (κ1) is 19.0. The summed E-state index contributed by atoms with van der Waals surface area (Å²) in [6.45, 7) is 0. The number of Topliss-reactive ketones (excluding diaryl/α,β-unsaturated/α-hetero) is 1. The first-order valence-electron chi connectivity index (χ1n) is 7.35. The smallest absolute Gasteiger partial charge is 0.416 e. The molecule has 0 aliphatic carbocycles. The second kappa shape index (κ2) is 7.70. The van der Waals surface area contributed by atoms with Crippen LogP contribution in [0.15, 0.2) is 54.4 Å². The van der Waals surface area contributed by atoms with E-state index in [1.165, 1.54) is 36.7 Å². The summed E-state index contributed by atoms with van der Waals surface area (Å²) < 4.78 is 43.5. The van der Waals surface area contributed by atoms with Crippen LogP contribution < -0.4 is 4.74 Å². The van der Waals surface area contributed by atoms with E-state index in [4.69, 9.17) is 10.00 Å². The number of ether oxygens (including phenoxy) is 1. The highest BCUT2D eigenvalue weighted by Crippen LogP contribution is 2.32. The van der Waals surface area contributed by atoms with Crippen LogP contribution in [0.1, 0.15) is 16.1 Å². The number of nitriles is 1. The van der Waals surface area contributed by atoms with Crippen molar-refractivity contribution in [1.82, 2.24) is 9.88 Å². The number of benzene rings is 1. The van der Waals surface area contributed by atoms with Gasteiger partial charge in [-0.15, -0.1) is 0 Å². The minimum absolute atomic E-state index is 0.00841. The topological polar surface area (TPSA) is 66.2 Å². The summed E-state index contributed by atoms with van der Waals surface area (Å²) in [5.41, 5.74) is -0.896. The molecule has 0 aliphatic heterocycles. The van der Waals surface area contributed by atoms with Crippen molar-refractivity contribution in [2.45, 2.75) is 6.18 Å². The Morgan fingerprint density at radius 2 is 1.96 bits per heavy atom. The highest BCUT2D eigenvalue weighted by Gasteiger charge is 2.30. The predicted molar refractivity (Wildman–Crippen MR) is 87.5 cm³/mol. The molecule has 26 heavy (non-hydrogen) atoms. The van der Waals surface area contributed by atoms with Crippen LogP contribution >= 0.6 is 0 Å². The number of nitrogens with zero attached hydrogens (tertiary/aromatic N) is 3. The van der Waals surface area contributed by atoms with Crippen LogP contribution in [-0.2, 0) is 6.18 Å². The van der Waals surface area contributed by atoms with Crippen LogP contribution in [0.3, 0.4) is 0 Å². The van der Waals surface area contributed by atoms with Crippen molar-refractivity contribution in [3.05, 3.63) is 65.6 Å². The van der Waals surface area contributed by atoms with Crippen LogP contribution in [0, 0.1) is 11.3 Å². The Balaban J connectivity index is 2.18. The van der Waals surface area contributed by atoms with E-state index in [1.54, 1.807) is 25.1 Å². The molecule has 0 fully saturated rings. The molecule has 0 amide bonds. The molecule has 0 unspecified atom stereocenters. The molecule has 134 valence electrons. The molecule has 0 bridgehead atoms. The molecule has 2 rings (SSSR count). The van der Waals surface area contributed by atoms with Crippen LogP contribution in [0.4, 0.5) is 13.2 Å². The van der Waals surface area contributed by atoms with E-state index >= 15 is 0 Å². The third-order valence-corrected chi connectivity index (χ3v) is 3.12. The van der Waals surface area contributed by atoms with Crippen LogP contribution in [0.2, 0.25) is 0 Å². The third-order valence-electron chi connectivity index (χ3n) is 3.12. The van der Waals surface area contributed by atoms with Crippen molar-refractivity contribution in [3.8, 4) is 17.6 Å². The molecule has 0 saturated carbocycles. The molecular formula is C18H14F3N3O2. The van der Waals surface area contributed by atoms with Crippen molar-refractivity contribution >= 4 is 5.78 Å². The number of rotatable bonds is 5. The maximum Gasteiger partial charge on any atom is 0.416 e. The monoisotopic (exact) mass is 361 g/mol. The number of aromatic nitrogens is 1. The molecule has 2 aromatic rings. The van der Waals surface area contributed by atoms with Crippen LogP contribution in [0.25, 0.3) is 0 Å². The second-order valence-corrected chi connectivity index (χ2v) is 5.45. The van der Waals surface area contributed by atoms with Gasteiger partial charge in [0.15, 0.2) is 0 Å². The summed E-state index contributed by atoms with van der Waals surface area (Å²) in [6.07, 6.45) is -1.89. The van der Waals surface area contributed by atoms with E-state index in [2.05, 4.69) is 4.98 Å². The molecule has 0 aliphatic rings. The molecular weight excluding hydrogens is 347 g/mol. The van der Waals surface area contributed by atoms with E-state index < -0.39 is 17.5 Å². The molecule has 1 aromatic carbocycles. The van der Waals surface area contributed by atoms with Crippen LogP contribution in [-0.4, -0.2) is 29.8 Å². The van der Waals surface area contributed by atoms with Gasteiger partial charge in [-0.3, -0.25) is 4.79 Å². The van der Waals surface area contributed by atoms with Gasteiger partial charge in [0.2, 0.25) is 5.78 Å². The van der Waals surface area contributed by atoms with Gasteiger partial charge in [0.25, 0.3) is 0 Å². The van der Waals surface area contributed by atoms with Gasteiger partial charge in [-0.1, -0.05) is 6.07 Å². The molecule has 1 heterocycles. The molecule has 0 radical (unpaired) electrons. The zero-order valence-corrected chi connectivity index (χ0v) is 13.9. The minimum atomic E-state index is -4.47. The van der Waals surface area contributed by atoms with E-state index in [0.717, 1.165) is 12.1 Å². The zero-order chi connectivity index (χ0) is 19.3. The molecule has 0 saturated heterocycles. The third kappa shape index (κ3) is 4.83. The van der Waals surface area contributed by atoms with Gasteiger partial charge in [0, 0.05) is 20.3 Å². The van der Waals surface area contributed by atoms with Gasteiger partial charge < -0.3 is 9.64 Å². The maximum atomic E-state index is 12.7. The fourth-order valence-corrected chi connectivity index (χ4v) is 1.98. The van der Waals surface area contributed by atoms with E-state index in [9.17, 15) is 18.0 Å². The normalized spacial score (nSPS) is 11.6. The molecule has 8 heteroatoms. The summed E-state index contributed by atoms with van der Waals surface area (Å²) in [5, 5.41) is 9.04. The van der Waals surface area contributed by atoms with Crippen molar-refractivity contribution < 1.29 is 22.7 Å². The number of hydrogen-bond acceptors (Lipinski definition) is 5. The van der Waals surface area contributed by atoms with Crippen LogP contribution in [0.5, 0.6) is 11.5 Å². The van der Waals surface area contributed by atoms with Gasteiger partial charge in [-0.2, -0.15) is 18.4 Å². The maximum absolute atomic E-state index is 12.7. The van der Waals surface area contributed by atoms with Gasteiger partial charge >= 0.3 is 6.18 Å². The number of carbonyl (C=O) groups is 1. The Morgan fingerprint density at radius 1 is 1.23 bits per heavy atom. The molecule has 0 N–H and O–H groups in total. The molecule has 1 aromatic heterocycles. The lowest BCUT2D eigenvalue weighted by molar-refractivity contribution is -0.137. The Morgan fingerprint density at radius 3 is 2.50 bits per heavy atom. The summed E-state index contributed by atoms with van der Waals surface area (Å²) in [4.78, 5) is 17.7. The number of allylic oxidation sites excluding steroid dienone is 1. The number of pyridine rings is 1. The van der Waals surface area contributed by atoms with Gasteiger partial charge in [-0.25, -0.2) is 4.98 Å². The standard InChI is InChI=1S/C18H14F3N3O2/c1-24(2)11-12(9-22)17(25)16-7-6-15(10-23-16)26-14-5-3-4-13(8-14)18(19,20)21/h3-8,10-11H,1-2H3. The Labute approximate surface area is 147 Å². The van der Waals surface area contributed by atoms with Gasteiger partial charge in [-0.05, 0) is 30.3 Å². The summed E-state index contributed by atoms with van der Waals surface area (Å²) in [7, 11) is 3.34. The average molecular weight is 361 g/mol. The highest BCUT2D eigenvalue weighted by atomic mass is 19.4. The predicted octanol–water partition coefficient (Wildman–Crippen LogP) is 4.04. The van der Waals surface area contributed by atoms with E-state index in [0.29, 0.717) is 0 Å². The van der Waals surface area contributed by atoms with E-state index in [-0.39, 0.29) is 22.8 Å². The molecule has 0 spiro atoms. The largest absolute Gasteiger partial charge is 0.456 e. The summed E-state index contributed by atoms with van der Waals surface area (Å²) >= 11 is 0. The van der Waals surface area contributed by atoms with E-state index in [1.807, 2.05) is 0 Å². The number of alkyl halides is 3. The SMILES string of the molecule is CN(C)C=C(C#N)C(=O)c1ccc(Oc2cccc(C(F)(F)F)c2)cn1. The number of halogens is 3. The Kier molecular flexibility index (Phi) is 5.62. The van der Waals surface area contributed by atoms with Crippen molar-refractivity contribution in [2.24, 2.45) is 0 Å². The lowest BCUT2D eigenvalue weighted by atomic mass is 10.1. The van der Waals surface area contributed by atoms with Crippen molar-refractivity contribution in [3.63, 3.8) is 0 Å². The number of ketones is 1. The summed E-state index contributed by atoms with van der Waals surface area (Å²) in [5.74, 6) is -0.409. The van der Waals surface area contributed by atoms with Gasteiger partial charge in [0.1, 0.15) is 28.8 Å². The first-order valence-corrected chi connectivity index (χ1v) is 7.35. The number of carbonyl (C=O) groups excluding carboxylic acids is 1. The van der Waals surface area contributed by atoms with Crippen molar-refractivity contribution in [2.75, 3.05) is 14.1 Å². The Hall–Kier alpha value is -3.34. The lowest BCUT2D eigenvalue weighted by Crippen LogP contribution is -2.10. The van der Waals surface area contributed by atoms with Gasteiger partial charge in [0.05, 0.1) is 11.8 Å². The lowest BCUT2D eigenvalue weighted by Gasteiger charge is -2.10. The molecule has 0 atom stereocenters. The minimum Gasteiger partial charge on any atom is -0.456 e. The quantitative estimate of drug-likeness (QED) is 0.457. The fourth-order valence-electron chi connectivity index (χ4n) is 1.98. The number of hydrogen-bond donors (Lipinski definition) is 0. The zero-order valence-electron chi connectivity index (χ0n) is 13.9. The Bertz CT molecular complexity index is 866. The average Bonchev–Trinajstić information content (AvgIpc) is 2.59. The second-order valence-electron chi connectivity index (χ2n) is 5.45. The molecule has 5 nitrogen and oxygen atoms in total. The highest BCUT2D eigenvalue weighted by molar-refractivity contribution is 6.10.